The Kier molecular flexibility index (Phi) is 4.99. The van der Waals surface area contributed by atoms with E-state index in [1.807, 2.05) is 0 Å². The normalized spacial score (nSPS) is 11.8. The Labute approximate surface area is 80.5 Å². The molecule has 0 aliphatic carbocycles. The second kappa shape index (κ2) is 5.22. The molecule has 0 aliphatic heterocycles. The molecule has 0 spiro atoms. The number of carbonyl (C=O) groups is 1. The minimum absolute atomic E-state index is 0.110. The van der Waals surface area contributed by atoms with Crippen LogP contribution in [0.5, 0.6) is 0 Å². The summed E-state index contributed by atoms with van der Waals surface area (Å²) in [5, 5.41) is 11.2. The molecule has 0 heterocycles. The third-order valence-corrected chi connectivity index (χ3v) is 1.87. The van der Waals surface area contributed by atoms with Crippen LogP contribution in [-0.2, 0) is 4.79 Å². The van der Waals surface area contributed by atoms with E-state index in [2.05, 4.69) is 33.0 Å². The molecule has 0 aliphatic rings. The van der Waals surface area contributed by atoms with Crippen LogP contribution in [0.1, 0.15) is 34.1 Å². The van der Waals surface area contributed by atoms with E-state index >= 15 is 0 Å². The van der Waals surface area contributed by atoms with Gasteiger partial charge in [0.1, 0.15) is 6.61 Å². The zero-order chi connectivity index (χ0) is 10.5. The molecule has 0 unspecified atom stereocenters. The number of amides is 1. The van der Waals surface area contributed by atoms with Gasteiger partial charge in [0.25, 0.3) is 0 Å². The monoisotopic (exact) mass is 187 g/mol. The summed E-state index contributed by atoms with van der Waals surface area (Å²) in [6.45, 7) is 8.77. The summed E-state index contributed by atoms with van der Waals surface area (Å²) in [4.78, 5) is 10.8. The Morgan fingerprint density at radius 2 is 2.00 bits per heavy atom. The molecule has 3 heteroatoms. The third kappa shape index (κ3) is 6.58. The summed E-state index contributed by atoms with van der Waals surface area (Å²) in [7, 11) is 0. The maximum absolute atomic E-state index is 10.8. The van der Waals surface area contributed by atoms with Crippen LogP contribution in [0.3, 0.4) is 0 Å². The van der Waals surface area contributed by atoms with Gasteiger partial charge in [0.05, 0.1) is 0 Å². The second-order valence-corrected chi connectivity index (χ2v) is 4.70. The van der Waals surface area contributed by atoms with Crippen molar-refractivity contribution in [3.8, 4) is 0 Å². The van der Waals surface area contributed by atoms with Gasteiger partial charge < -0.3 is 10.4 Å². The second-order valence-electron chi connectivity index (χ2n) is 4.70. The number of aliphatic hydroxyl groups excluding tert-OH is 1. The van der Waals surface area contributed by atoms with E-state index in [1.165, 1.54) is 0 Å². The molecular formula is C10H21NO2. The molecule has 0 radical (unpaired) electrons. The van der Waals surface area contributed by atoms with Gasteiger partial charge >= 0.3 is 0 Å². The van der Waals surface area contributed by atoms with Gasteiger partial charge in [-0.2, -0.15) is 0 Å². The van der Waals surface area contributed by atoms with Crippen molar-refractivity contribution in [2.24, 2.45) is 11.3 Å². The van der Waals surface area contributed by atoms with Gasteiger partial charge in [0.2, 0.25) is 5.91 Å². The van der Waals surface area contributed by atoms with Gasteiger partial charge in [-0.3, -0.25) is 4.79 Å². The highest BCUT2D eigenvalue weighted by molar-refractivity contribution is 5.76. The molecule has 3 nitrogen and oxygen atoms in total. The number of rotatable bonds is 5. The van der Waals surface area contributed by atoms with Crippen molar-refractivity contribution in [3.63, 3.8) is 0 Å². The molecule has 0 rings (SSSR count). The van der Waals surface area contributed by atoms with E-state index in [4.69, 9.17) is 5.11 Å². The van der Waals surface area contributed by atoms with Crippen LogP contribution in [0.15, 0.2) is 0 Å². The predicted molar refractivity (Wildman–Crippen MR) is 53.3 cm³/mol. The molecule has 0 aromatic heterocycles. The Morgan fingerprint density at radius 3 is 2.38 bits per heavy atom. The van der Waals surface area contributed by atoms with Crippen molar-refractivity contribution in [1.29, 1.82) is 0 Å². The van der Waals surface area contributed by atoms with Crippen LogP contribution in [0.2, 0.25) is 0 Å². The van der Waals surface area contributed by atoms with Gasteiger partial charge in [0, 0.05) is 6.54 Å². The molecule has 2 N–H and O–H groups in total. The van der Waals surface area contributed by atoms with Gasteiger partial charge in [-0.1, -0.05) is 27.7 Å². The highest BCUT2D eigenvalue weighted by Gasteiger charge is 2.19. The fraction of sp³-hybridized carbons (Fsp3) is 0.900. The number of aliphatic hydroxyl groups is 1. The summed E-state index contributed by atoms with van der Waals surface area (Å²) in [6, 6.07) is 0. The number of carbonyl (C=O) groups excluding carboxylic acids is 1. The van der Waals surface area contributed by atoms with Crippen molar-refractivity contribution in [3.05, 3.63) is 0 Å². The first kappa shape index (κ1) is 12.4. The van der Waals surface area contributed by atoms with Crippen molar-refractivity contribution >= 4 is 5.91 Å². The van der Waals surface area contributed by atoms with Crippen LogP contribution in [0, 0.1) is 11.3 Å². The largest absolute Gasteiger partial charge is 0.387 e. The fourth-order valence-corrected chi connectivity index (χ4v) is 1.57. The lowest BCUT2D eigenvalue weighted by molar-refractivity contribution is -0.124. The van der Waals surface area contributed by atoms with Crippen LogP contribution in [0.4, 0.5) is 0 Å². The van der Waals surface area contributed by atoms with Crippen molar-refractivity contribution in [1.82, 2.24) is 5.32 Å². The Balaban J connectivity index is 3.81. The molecule has 0 aromatic rings. The van der Waals surface area contributed by atoms with Crippen molar-refractivity contribution in [2.75, 3.05) is 13.2 Å². The molecule has 78 valence electrons. The number of nitrogens with one attached hydrogen (secondary N) is 1. The molecule has 0 bridgehead atoms. The summed E-state index contributed by atoms with van der Waals surface area (Å²) in [5.41, 5.74) is 0.110. The standard InChI is InChI=1S/C10H21NO2/c1-8(2)5-10(3,4)7-11-9(13)6-12/h8,12H,5-7H2,1-4H3,(H,11,13). The molecule has 0 aromatic carbocycles. The summed E-state index contributed by atoms with van der Waals surface area (Å²) in [5.74, 6) is 0.331. The maximum atomic E-state index is 10.8. The summed E-state index contributed by atoms with van der Waals surface area (Å²) in [6.07, 6.45) is 1.07. The van der Waals surface area contributed by atoms with Gasteiger partial charge in [-0.05, 0) is 17.8 Å². The first-order valence-corrected chi connectivity index (χ1v) is 4.75. The van der Waals surface area contributed by atoms with E-state index in [1.54, 1.807) is 0 Å². The van der Waals surface area contributed by atoms with Crippen molar-refractivity contribution < 1.29 is 9.90 Å². The molecule has 1 amide bonds. The zero-order valence-electron chi connectivity index (χ0n) is 9.05. The lowest BCUT2D eigenvalue weighted by Crippen LogP contribution is -2.36. The lowest BCUT2D eigenvalue weighted by atomic mass is 9.84. The average Bonchev–Trinajstić information content (AvgIpc) is 1.98. The highest BCUT2D eigenvalue weighted by atomic mass is 16.3. The SMILES string of the molecule is CC(C)CC(C)(C)CNC(=O)CO. The maximum Gasteiger partial charge on any atom is 0.245 e. The van der Waals surface area contributed by atoms with E-state index in [-0.39, 0.29) is 11.3 Å². The number of hydrogen-bond donors (Lipinski definition) is 2. The molecule has 0 saturated carbocycles. The quantitative estimate of drug-likeness (QED) is 0.678. The first-order chi connectivity index (χ1) is 5.87. The molecule has 0 fully saturated rings. The van der Waals surface area contributed by atoms with E-state index in [9.17, 15) is 4.79 Å². The minimum atomic E-state index is -0.419. The summed E-state index contributed by atoms with van der Waals surface area (Å²) < 4.78 is 0. The van der Waals surface area contributed by atoms with Crippen LogP contribution >= 0.6 is 0 Å². The topological polar surface area (TPSA) is 49.3 Å². The fourth-order valence-electron chi connectivity index (χ4n) is 1.57. The van der Waals surface area contributed by atoms with Gasteiger partial charge in [0.15, 0.2) is 0 Å². The zero-order valence-corrected chi connectivity index (χ0v) is 9.05. The lowest BCUT2D eigenvalue weighted by Gasteiger charge is -2.26. The predicted octanol–water partition coefficient (Wildman–Crippen LogP) is 1.17. The molecular weight excluding hydrogens is 166 g/mol. The molecule has 0 atom stereocenters. The van der Waals surface area contributed by atoms with Crippen molar-refractivity contribution in [2.45, 2.75) is 34.1 Å². The Morgan fingerprint density at radius 1 is 1.46 bits per heavy atom. The van der Waals surface area contributed by atoms with E-state index in [0.29, 0.717) is 12.5 Å². The summed E-state index contributed by atoms with van der Waals surface area (Å²) >= 11 is 0. The average molecular weight is 187 g/mol. The Bertz CT molecular complexity index is 164. The highest BCUT2D eigenvalue weighted by Crippen LogP contribution is 2.23. The smallest absolute Gasteiger partial charge is 0.245 e. The minimum Gasteiger partial charge on any atom is -0.387 e. The van der Waals surface area contributed by atoms with Crippen LogP contribution in [-0.4, -0.2) is 24.2 Å². The molecule has 0 saturated heterocycles. The van der Waals surface area contributed by atoms with Crippen LogP contribution < -0.4 is 5.32 Å². The van der Waals surface area contributed by atoms with Gasteiger partial charge in [-0.25, -0.2) is 0 Å². The van der Waals surface area contributed by atoms with Gasteiger partial charge in [-0.15, -0.1) is 0 Å². The number of hydrogen-bond acceptors (Lipinski definition) is 2. The third-order valence-electron chi connectivity index (χ3n) is 1.87. The molecule has 13 heavy (non-hydrogen) atoms. The Hall–Kier alpha value is -0.570. The van der Waals surface area contributed by atoms with E-state index < -0.39 is 6.61 Å². The first-order valence-electron chi connectivity index (χ1n) is 4.75. The van der Waals surface area contributed by atoms with E-state index in [0.717, 1.165) is 6.42 Å². The van der Waals surface area contributed by atoms with Crippen LogP contribution in [0.25, 0.3) is 0 Å².